The molecule has 1 aliphatic carbocycles. The number of rotatable bonds is 5. The third-order valence-corrected chi connectivity index (χ3v) is 3.49. The van der Waals surface area contributed by atoms with E-state index in [9.17, 15) is 13.6 Å². The molecule has 0 aromatic heterocycles. The van der Waals surface area contributed by atoms with Crippen molar-refractivity contribution in [3.8, 4) is 11.5 Å². The molecule has 1 aliphatic rings. The maximum absolute atomic E-state index is 12.3. The SMILES string of the molecule is COc1ccc(NC(=O)C2CCC(N)C2)cc1OC(F)F. The third kappa shape index (κ3) is 4.04. The Morgan fingerprint density at radius 2 is 2.14 bits per heavy atom. The number of ether oxygens (including phenoxy) is 2. The Labute approximate surface area is 121 Å². The van der Waals surface area contributed by atoms with E-state index < -0.39 is 6.61 Å². The fourth-order valence-corrected chi connectivity index (χ4v) is 2.44. The number of nitrogens with one attached hydrogen (secondary N) is 1. The van der Waals surface area contributed by atoms with Gasteiger partial charge in [0.15, 0.2) is 11.5 Å². The van der Waals surface area contributed by atoms with Crippen LogP contribution >= 0.6 is 0 Å². The largest absolute Gasteiger partial charge is 0.493 e. The first kappa shape index (κ1) is 15.5. The van der Waals surface area contributed by atoms with E-state index in [-0.39, 0.29) is 29.4 Å². The van der Waals surface area contributed by atoms with Crippen LogP contribution in [0, 0.1) is 5.92 Å². The van der Waals surface area contributed by atoms with E-state index in [0.29, 0.717) is 12.1 Å². The second-order valence-corrected chi connectivity index (χ2v) is 5.00. The Bertz CT molecular complexity index is 511. The fourth-order valence-electron chi connectivity index (χ4n) is 2.44. The molecule has 1 fully saturated rings. The molecule has 1 saturated carbocycles. The molecule has 0 aliphatic heterocycles. The number of alkyl halides is 2. The van der Waals surface area contributed by atoms with Gasteiger partial charge in [-0.3, -0.25) is 4.79 Å². The fraction of sp³-hybridized carbons (Fsp3) is 0.500. The van der Waals surface area contributed by atoms with Crippen molar-refractivity contribution in [1.29, 1.82) is 0 Å². The Kier molecular flexibility index (Phi) is 4.95. The molecule has 116 valence electrons. The zero-order valence-corrected chi connectivity index (χ0v) is 11.6. The van der Waals surface area contributed by atoms with Gasteiger partial charge in [0.25, 0.3) is 0 Å². The molecular formula is C14H18F2N2O3. The molecule has 1 amide bonds. The zero-order chi connectivity index (χ0) is 15.4. The highest BCUT2D eigenvalue weighted by atomic mass is 19.3. The summed E-state index contributed by atoms with van der Waals surface area (Å²) in [6.07, 6.45) is 2.20. The number of benzene rings is 1. The zero-order valence-electron chi connectivity index (χ0n) is 11.6. The highest BCUT2D eigenvalue weighted by molar-refractivity contribution is 5.93. The van der Waals surface area contributed by atoms with Crippen LogP contribution in [0.3, 0.4) is 0 Å². The Morgan fingerprint density at radius 3 is 2.71 bits per heavy atom. The van der Waals surface area contributed by atoms with Crippen LogP contribution in [0.15, 0.2) is 18.2 Å². The lowest BCUT2D eigenvalue weighted by Gasteiger charge is -2.14. The van der Waals surface area contributed by atoms with Crippen LogP contribution in [0.25, 0.3) is 0 Å². The molecule has 7 heteroatoms. The highest BCUT2D eigenvalue weighted by Crippen LogP contribution is 2.32. The summed E-state index contributed by atoms with van der Waals surface area (Å²) in [6, 6.07) is 4.41. The average molecular weight is 300 g/mol. The van der Waals surface area contributed by atoms with Crippen molar-refractivity contribution in [1.82, 2.24) is 0 Å². The van der Waals surface area contributed by atoms with Gasteiger partial charge >= 0.3 is 6.61 Å². The van der Waals surface area contributed by atoms with Gasteiger partial charge in [-0.15, -0.1) is 0 Å². The second kappa shape index (κ2) is 6.71. The summed E-state index contributed by atoms with van der Waals surface area (Å²) < 4.78 is 34.0. The number of hydrogen-bond donors (Lipinski definition) is 2. The predicted molar refractivity (Wildman–Crippen MR) is 73.6 cm³/mol. The summed E-state index contributed by atoms with van der Waals surface area (Å²) in [5.41, 5.74) is 6.16. The molecule has 0 radical (unpaired) electrons. The first-order valence-electron chi connectivity index (χ1n) is 6.69. The molecular weight excluding hydrogens is 282 g/mol. The minimum atomic E-state index is -2.96. The Morgan fingerprint density at radius 1 is 1.38 bits per heavy atom. The van der Waals surface area contributed by atoms with Crippen LogP contribution in [0.1, 0.15) is 19.3 Å². The monoisotopic (exact) mass is 300 g/mol. The van der Waals surface area contributed by atoms with Crippen LogP contribution in [0.4, 0.5) is 14.5 Å². The summed E-state index contributed by atoms with van der Waals surface area (Å²) in [4.78, 5) is 12.1. The number of nitrogens with two attached hydrogens (primary N) is 1. The summed E-state index contributed by atoms with van der Waals surface area (Å²) in [6.45, 7) is -2.96. The van der Waals surface area contributed by atoms with Crippen molar-refractivity contribution in [2.45, 2.75) is 31.9 Å². The molecule has 5 nitrogen and oxygen atoms in total. The number of anilines is 1. The maximum Gasteiger partial charge on any atom is 0.387 e. The molecule has 2 rings (SSSR count). The van der Waals surface area contributed by atoms with Crippen molar-refractivity contribution < 1.29 is 23.0 Å². The van der Waals surface area contributed by atoms with Crippen LogP contribution in [0.2, 0.25) is 0 Å². The average Bonchev–Trinajstić information content (AvgIpc) is 2.85. The Hall–Kier alpha value is -1.89. The van der Waals surface area contributed by atoms with E-state index in [1.165, 1.54) is 19.2 Å². The van der Waals surface area contributed by atoms with Crippen LogP contribution < -0.4 is 20.5 Å². The third-order valence-electron chi connectivity index (χ3n) is 3.49. The van der Waals surface area contributed by atoms with Gasteiger partial charge in [0.2, 0.25) is 5.91 Å². The highest BCUT2D eigenvalue weighted by Gasteiger charge is 2.27. The van der Waals surface area contributed by atoms with Crippen molar-refractivity contribution in [3.63, 3.8) is 0 Å². The molecule has 0 bridgehead atoms. The standard InChI is InChI=1S/C14H18F2N2O3/c1-20-11-5-4-10(7-12(11)21-14(15)16)18-13(19)8-2-3-9(17)6-8/h4-5,7-9,14H,2-3,6,17H2,1H3,(H,18,19). The van der Waals surface area contributed by atoms with E-state index in [4.69, 9.17) is 10.5 Å². The van der Waals surface area contributed by atoms with Crippen molar-refractivity contribution in [2.75, 3.05) is 12.4 Å². The van der Waals surface area contributed by atoms with E-state index in [1.807, 2.05) is 0 Å². The van der Waals surface area contributed by atoms with Gasteiger partial charge in [0.05, 0.1) is 7.11 Å². The smallest absolute Gasteiger partial charge is 0.387 e. The van der Waals surface area contributed by atoms with E-state index in [0.717, 1.165) is 12.8 Å². The predicted octanol–water partition coefficient (Wildman–Crippen LogP) is 2.36. The molecule has 21 heavy (non-hydrogen) atoms. The quantitative estimate of drug-likeness (QED) is 0.875. The van der Waals surface area contributed by atoms with Gasteiger partial charge in [-0.25, -0.2) is 0 Å². The summed E-state index contributed by atoms with van der Waals surface area (Å²) in [5.74, 6) is -0.234. The number of carbonyl (C=O) groups excluding carboxylic acids is 1. The van der Waals surface area contributed by atoms with Gasteiger partial charge in [0.1, 0.15) is 0 Å². The molecule has 1 aromatic carbocycles. The normalized spacial score (nSPS) is 21.4. The number of amides is 1. The van der Waals surface area contributed by atoms with Gasteiger partial charge in [-0.1, -0.05) is 0 Å². The Balaban J connectivity index is 2.07. The maximum atomic E-state index is 12.3. The minimum Gasteiger partial charge on any atom is -0.493 e. The number of carbonyl (C=O) groups is 1. The molecule has 0 heterocycles. The first-order chi connectivity index (χ1) is 9.99. The lowest BCUT2D eigenvalue weighted by atomic mass is 10.1. The number of hydrogen-bond acceptors (Lipinski definition) is 4. The van der Waals surface area contributed by atoms with E-state index >= 15 is 0 Å². The molecule has 1 aromatic rings. The van der Waals surface area contributed by atoms with Gasteiger partial charge in [-0.05, 0) is 31.4 Å². The molecule has 2 unspecified atom stereocenters. The lowest BCUT2D eigenvalue weighted by Crippen LogP contribution is -2.23. The summed E-state index contributed by atoms with van der Waals surface area (Å²) in [7, 11) is 1.35. The summed E-state index contributed by atoms with van der Waals surface area (Å²) in [5, 5.41) is 2.69. The van der Waals surface area contributed by atoms with Gasteiger partial charge < -0.3 is 20.5 Å². The van der Waals surface area contributed by atoms with E-state index in [1.54, 1.807) is 6.07 Å². The van der Waals surface area contributed by atoms with Gasteiger partial charge in [0, 0.05) is 23.7 Å². The molecule has 0 spiro atoms. The second-order valence-electron chi connectivity index (χ2n) is 5.00. The van der Waals surface area contributed by atoms with Crippen LogP contribution in [0.5, 0.6) is 11.5 Å². The van der Waals surface area contributed by atoms with Crippen molar-refractivity contribution >= 4 is 11.6 Å². The lowest BCUT2D eigenvalue weighted by molar-refractivity contribution is -0.119. The molecule has 2 atom stereocenters. The van der Waals surface area contributed by atoms with Crippen LogP contribution in [-0.2, 0) is 4.79 Å². The van der Waals surface area contributed by atoms with Crippen LogP contribution in [-0.4, -0.2) is 25.7 Å². The van der Waals surface area contributed by atoms with Crippen molar-refractivity contribution in [2.24, 2.45) is 11.7 Å². The number of halogens is 2. The van der Waals surface area contributed by atoms with Gasteiger partial charge in [-0.2, -0.15) is 8.78 Å². The van der Waals surface area contributed by atoms with E-state index in [2.05, 4.69) is 10.1 Å². The summed E-state index contributed by atoms with van der Waals surface area (Å²) >= 11 is 0. The molecule has 3 N–H and O–H groups in total. The first-order valence-corrected chi connectivity index (χ1v) is 6.69. The van der Waals surface area contributed by atoms with Crippen molar-refractivity contribution in [3.05, 3.63) is 18.2 Å². The molecule has 0 saturated heterocycles. The topological polar surface area (TPSA) is 73.6 Å². The number of methoxy groups -OCH3 is 1. The minimum absolute atomic E-state index is 0.0503.